The van der Waals surface area contributed by atoms with Crippen LogP contribution < -0.4 is 0 Å². The van der Waals surface area contributed by atoms with Crippen LogP contribution in [0.15, 0.2) is 29.3 Å². The van der Waals surface area contributed by atoms with Gasteiger partial charge in [-0.05, 0) is 26.0 Å². The first-order chi connectivity index (χ1) is 7.63. The Hall–Kier alpha value is -1.55. The van der Waals surface area contributed by atoms with Gasteiger partial charge in [0.25, 0.3) is 0 Å². The van der Waals surface area contributed by atoms with E-state index in [1.165, 1.54) is 5.56 Å². The van der Waals surface area contributed by atoms with E-state index >= 15 is 0 Å². The summed E-state index contributed by atoms with van der Waals surface area (Å²) in [5.41, 5.74) is 3.33. The van der Waals surface area contributed by atoms with Crippen molar-refractivity contribution in [3.8, 4) is 5.69 Å². The lowest BCUT2D eigenvalue weighted by atomic mass is 10.2. The Morgan fingerprint density at radius 3 is 2.38 bits per heavy atom. The molecule has 0 unspecified atom stereocenters. The van der Waals surface area contributed by atoms with Crippen LogP contribution in [-0.2, 0) is 0 Å². The summed E-state index contributed by atoms with van der Waals surface area (Å²) in [5.74, 6) is 0. The summed E-state index contributed by atoms with van der Waals surface area (Å²) in [6, 6.07) is 7.91. The number of aromatic nitrogens is 2. The number of rotatable bonds is 2. The molecule has 0 aliphatic carbocycles. The van der Waals surface area contributed by atoms with Crippen LogP contribution in [0, 0.1) is 13.8 Å². The van der Waals surface area contributed by atoms with Gasteiger partial charge in [-0.15, -0.1) is 12.6 Å². The Morgan fingerprint density at radius 1 is 1.25 bits per heavy atom. The maximum absolute atomic E-state index is 10.8. The van der Waals surface area contributed by atoms with Crippen molar-refractivity contribution in [3.63, 3.8) is 0 Å². The highest BCUT2D eigenvalue weighted by Crippen LogP contribution is 2.20. The van der Waals surface area contributed by atoms with Crippen LogP contribution >= 0.6 is 12.6 Å². The molecule has 2 rings (SSSR count). The van der Waals surface area contributed by atoms with E-state index < -0.39 is 0 Å². The van der Waals surface area contributed by atoms with Crippen molar-refractivity contribution in [3.05, 3.63) is 41.1 Å². The number of hydrogen-bond acceptors (Lipinski definition) is 3. The maximum Gasteiger partial charge on any atom is 0.154 e. The van der Waals surface area contributed by atoms with Crippen molar-refractivity contribution in [1.29, 1.82) is 0 Å². The van der Waals surface area contributed by atoms with Crippen molar-refractivity contribution >= 4 is 18.9 Å². The molecule has 0 fully saturated rings. The quantitative estimate of drug-likeness (QED) is 0.638. The fraction of sp³-hybridized carbons (Fsp3) is 0.167. The van der Waals surface area contributed by atoms with E-state index in [9.17, 15) is 4.79 Å². The summed E-state index contributed by atoms with van der Waals surface area (Å²) in [6.45, 7) is 3.82. The van der Waals surface area contributed by atoms with Crippen LogP contribution in [0.5, 0.6) is 0 Å². The highest BCUT2D eigenvalue weighted by atomic mass is 32.1. The fourth-order valence-corrected chi connectivity index (χ4v) is 1.91. The van der Waals surface area contributed by atoms with Crippen molar-refractivity contribution in [2.45, 2.75) is 18.9 Å². The van der Waals surface area contributed by atoms with E-state index in [0.717, 1.165) is 12.0 Å². The zero-order chi connectivity index (χ0) is 11.7. The zero-order valence-electron chi connectivity index (χ0n) is 9.14. The highest BCUT2D eigenvalue weighted by molar-refractivity contribution is 7.80. The molecular weight excluding hydrogens is 220 g/mol. The molecule has 0 bridgehead atoms. The first-order valence-corrected chi connectivity index (χ1v) is 5.39. The largest absolute Gasteiger partial charge is 0.298 e. The molecule has 82 valence electrons. The number of thiol groups is 1. The number of hydrogen-bond donors (Lipinski definition) is 1. The Bertz CT molecular complexity index is 529. The van der Waals surface area contributed by atoms with Crippen molar-refractivity contribution in [1.82, 2.24) is 9.78 Å². The topological polar surface area (TPSA) is 34.9 Å². The SMILES string of the molecule is Cc1ccc(-n2nc(C)c(C=O)c2S)cc1. The minimum atomic E-state index is 0.545. The van der Waals surface area contributed by atoms with Crippen LogP contribution in [0.1, 0.15) is 21.6 Å². The number of aldehydes is 1. The lowest BCUT2D eigenvalue weighted by Gasteiger charge is -2.03. The van der Waals surface area contributed by atoms with Gasteiger partial charge in [-0.2, -0.15) is 5.10 Å². The van der Waals surface area contributed by atoms with Crippen LogP contribution in [0.2, 0.25) is 0 Å². The van der Waals surface area contributed by atoms with Crippen LogP contribution in [0.3, 0.4) is 0 Å². The van der Waals surface area contributed by atoms with Gasteiger partial charge in [0, 0.05) is 0 Å². The number of aryl methyl sites for hydroxylation is 2. The Kier molecular flexibility index (Phi) is 2.83. The second kappa shape index (κ2) is 4.14. The van der Waals surface area contributed by atoms with Crippen LogP contribution in [0.4, 0.5) is 0 Å². The minimum absolute atomic E-state index is 0.545. The molecule has 3 nitrogen and oxygen atoms in total. The first kappa shape index (κ1) is 11.0. The molecule has 1 heterocycles. The van der Waals surface area contributed by atoms with Crippen molar-refractivity contribution < 1.29 is 4.79 Å². The summed E-state index contributed by atoms with van der Waals surface area (Å²) in [4.78, 5) is 10.8. The van der Waals surface area contributed by atoms with E-state index in [1.54, 1.807) is 11.6 Å². The molecule has 0 radical (unpaired) electrons. The maximum atomic E-state index is 10.8. The lowest BCUT2D eigenvalue weighted by molar-refractivity contribution is 0.112. The molecule has 1 aromatic carbocycles. The number of nitrogens with zero attached hydrogens (tertiary/aromatic N) is 2. The third-order valence-electron chi connectivity index (χ3n) is 2.48. The molecule has 0 saturated carbocycles. The fourth-order valence-electron chi connectivity index (χ4n) is 1.53. The van der Waals surface area contributed by atoms with E-state index in [-0.39, 0.29) is 0 Å². The summed E-state index contributed by atoms with van der Waals surface area (Å²) in [6.07, 6.45) is 0.787. The predicted octanol–water partition coefficient (Wildman–Crippen LogP) is 2.59. The molecule has 16 heavy (non-hydrogen) atoms. The van der Waals surface area contributed by atoms with Gasteiger partial charge >= 0.3 is 0 Å². The summed E-state index contributed by atoms with van der Waals surface area (Å²) in [5, 5.41) is 4.87. The van der Waals surface area contributed by atoms with Gasteiger partial charge in [0.1, 0.15) is 5.03 Å². The van der Waals surface area contributed by atoms with E-state index in [1.807, 2.05) is 31.2 Å². The smallest absolute Gasteiger partial charge is 0.154 e. The van der Waals surface area contributed by atoms with Crippen molar-refractivity contribution in [2.24, 2.45) is 0 Å². The Morgan fingerprint density at radius 2 is 1.88 bits per heavy atom. The second-order valence-electron chi connectivity index (χ2n) is 3.69. The van der Waals surface area contributed by atoms with Crippen LogP contribution in [-0.4, -0.2) is 16.1 Å². The molecule has 0 amide bonds. The van der Waals surface area contributed by atoms with E-state index in [2.05, 4.69) is 17.7 Å². The molecule has 0 N–H and O–H groups in total. The standard InChI is InChI=1S/C12H12N2OS/c1-8-3-5-10(6-4-8)14-12(16)11(7-15)9(2)13-14/h3-7,16H,1-2H3. The molecule has 0 aliphatic rings. The monoisotopic (exact) mass is 232 g/mol. The van der Waals surface area contributed by atoms with E-state index in [0.29, 0.717) is 16.3 Å². The first-order valence-electron chi connectivity index (χ1n) is 4.94. The molecule has 0 atom stereocenters. The van der Waals surface area contributed by atoms with Gasteiger partial charge in [-0.3, -0.25) is 4.79 Å². The summed E-state index contributed by atoms with van der Waals surface area (Å²) >= 11 is 4.32. The number of carbonyl (C=O) groups is 1. The van der Waals surface area contributed by atoms with Crippen molar-refractivity contribution in [2.75, 3.05) is 0 Å². The minimum Gasteiger partial charge on any atom is -0.298 e. The molecular formula is C12H12N2OS. The zero-order valence-corrected chi connectivity index (χ0v) is 10.0. The average molecular weight is 232 g/mol. The van der Waals surface area contributed by atoms with Gasteiger partial charge in [0.05, 0.1) is 16.9 Å². The number of benzene rings is 1. The average Bonchev–Trinajstić information content (AvgIpc) is 2.55. The lowest BCUT2D eigenvalue weighted by Crippen LogP contribution is -1.97. The van der Waals surface area contributed by atoms with Gasteiger partial charge in [-0.25, -0.2) is 4.68 Å². The highest BCUT2D eigenvalue weighted by Gasteiger charge is 2.12. The van der Waals surface area contributed by atoms with E-state index in [4.69, 9.17) is 0 Å². The second-order valence-corrected chi connectivity index (χ2v) is 4.11. The summed E-state index contributed by atoms with van der Waals surface area (Å²) < 4.78 is 1.67. The normalized spacial score (nSPS) is 10.4. The third-order valence-corrected chi connectivity index (χ3v) is 2.91. The molecule has 0 aliphatic heterocycles. The van der Waals surface area contributed by atoms with Gasteiger partial charge in [0.15, 0.2) is 6.29 Å². The van der Waals surface area contributed by atoms with Gasteiger partial charge < -0.3 is 0 Å². The van der Waals surface area contributed by atoms with Gasteiger partial charge in [0.2, 0.25) is 0 Å². The van der Waals surface area contributed by atoms with Crippen LogP contribution in [0.25, 0.3) is 5.69 Å². The molecule has 4 heteroatoms. The Labute approximate surface area is 99.5 Å². The molecule has 1 aromatic heterocycles. The molecule has 0 spiro atoms. The Balaban J connectivity index is 2.56. The molecule has 2 aromatic rings. The van der Waals surface area contributed by atoms with Gasteiger partial charge in [-0.1, -0.05) is 17.7 Å². The molecule has 0 saturated heterocycles. The number of carbonyl (C=O) groups excluding carboxylic acids is 1. The third kappa shape index (κ3) is 1.76. The predicted molar refractivity (Wildman–Crippen MR) is 65.7 cm³/mol. The summed E-state index contributed by atoms with van der Waals surface area (Å²) in [7, 11) is 0.